The highest BCUT2D eigenvalue weighted by Gasteiger charge is 2.57. The molecule has 11 nitrogen and oxygen atoms in total. The SMILES string of the molecule is C[C@@H]1C(=O)N(C(=O)C2CC2)[C@H]2CCN(C(=O)[C@@H]3CCCN3NS(=O)(=O)c3cccc(C(=O)N(C)C)c3)[C@H]12. The van der Waals surface area contributed by atoms with E-state index in [0.717, 1.165) is 12.8 Å². The number of carbonyl (C=O) groups is 4. The Balaban J connectivity index is 1.32. The van der Waals surface area contributed by atoms with Crippen LogP contribution in [0.5, 0.6) is 0 Å². The second-order valence-corrected chi connectivity index (χ2v) is 12.3. The molecule has 5 rings (SSSR count). The predicted octanol–water partition coefficient (Wildman–Crippen LogP) is 0.431. The zero-order valence-electron chi connectivity index (χ0n) is 21.3. The average Bonchev–Trinajstić information content (AvgIpc) is 3.40. The van der Waals surface area contributed by atoms with Gasteiger partial charge in [0.1, 0.15) is 6.04 Å². The molecule has 200 valence electrons. The number of sulfonamides is 1. The van der Waals surface area contributed by atoms with Crippen LogP contribution in [0.15, 0.2) is 29.2 Å². The Morgan fingerprint density at radius 2 is 1.76 bits per heavy atom. The minimum atomic E-state index is -4.05. The Morgan fingerprint density at radius 1 is 1.03 bits per heavy atom. The molecule has 1 N–H and O–H groups in total. The maximum Gasteiger partial charge on any atom is 0.253 e. The number of hydrogen-bond donors (Lipinski definition) is 1. The number of hydrazine groups is 1. The highest BCUT2D eigenvalue weighted by atomic mass is 32.2. The van der Waals surface area contributed by atoms with Gasteiger partial charge in [-0.2, -0.15) is 0 Å². The van der Waals surface area contributed by atoms with Crippen LogP contribution in [-0.4, -0.2) is 97.1 Å². The van der Waals surface area contributed by atoms with Gasteiger partial charge in [0, 0.05) is 38.7 Å². The van der Waals surface area contributed by atoms with Gasteiger partial charge in [-0.05, 0) is 50.3 Å². The van der Waals surface area contributed by atoms with Gasteiger partial charge in [-0.1, -0.05) is 13.0 Å². The quantitative estimate of drug-likeness (QED) is 0.528. The molecular formula is C25H33N5O6S. The fourth-order valence-corrected chi connectivity index (χ4v) is 7.03. The van der Waals surface area contributed by atoms with Gasteiger partial charge in [0.15, 0.2) is 0 Å². The molecule has 0 unspecified atom stereocenters. The maximum atomic E-state index is 13.7. The van der Waals surface area contributed by atoms with Gasteiger partial charge < -0.3 is 9.80 Å². The molecule has 4 fully saturated rings. The number of rotatable bonds is 6. The summed E-state index contributed by atoms with van der Waals surface area (Å²) in [6.07, 6.45) is 3.25. The maximum absolute atomic E-state index is 13.7. The summed E-state index contributed by atoms with van der Waals surface area (Å²) < 4.78 is 26.4. The van der Waals surface area contributed by atoms with Crippen LogP contribution in [0.4, 0.5) is 0 Å². The number of fused-ring (bicyclic) bond motifs is 1. The molecule has 1 aromatic carbocycles. The predicted molar refractivity (Wildman–Crippen MR) is 132 cm³/mol. The van der Waals surface area contributed by atoms with Crippen molar-refractivity contribution in [2.24, 2.45) is 11.8 Å². The Bertz CT molecular complexity index is 1250. The zero-order chi connectivity index (χ0) is 26.6. The highest BCUT2D eigenvalue weighted by Crippen LogP contribution is 2.41. The van der Waals surface area contributed by atoms with E-state index in [1.165, 1.54) is 33.0 Å². The van der Waals surface area contributed by atoms with Crippen molar-refractivity contribution in [3.8, 4) is 0 Å². The van der Waals surface area contributed by atoms with Crippen molar-refractivity contribution in [1.82, 2.24) is 24.5 Å². The van der Waals surface area contributed by atoms with Gasteiger partial charge in [-0.3, -0.25) is 24.1 Å². The Morgan fingerprint density at radius 3 is 2.43 bits per heavy atom. The molecule has 0 radical (unpaired) electrons. The topological polar surface area (TPSA) is 127 Å². The van der Waals surface area contributed by atoms with Crippen LogP contribution in [0.2, 0.25) is 0 Å². The molecule has 3 saturated heterocycles. The lowest BCUT2D eigenvalue weighted by molar-refractivity contribution is -0.146. The molecule has 3 aliphatic heterocycles. The van der Waals surface area contributed by atoms with Crippen molar-refractivity contribution in [3.05, 3.63) is 29.8 Å². The molecule has 1 aliphatic carbocycles. The Kier molecular flexibility index (Phi) is 6.61. The smallest absolute Gasteiger partial charge is 0.253 e. The van der Waals surface area contributed by atoms with Crippen LogP contribution in [-0.2, 0) is 24.4 Å². The number of likely N-dealkylation sites (tertiary alicyclic amines) is 2. The first-order valence-electron chi connectivity index (χ1n) is 12.8. The number of amides is 4. The van der Waals surface area contributed by atoms with Crippen molar-refractivity contribution in [1.29, 1.82) is 0 Å². The zero-order valence-corrected chi connectivity index (χ0v) is 22.1. The van der Waals surface area contributed by atoms with E-state index in [1.807, 2.05) is 0 Å². The number of nitrogens with zero attached hydrogens (tertiary/aromatic N) is 4. The Hall–Kier alpha value is -2.83. The van der Waals surface area contributed by atoms with Crippen molar-refractivity contribution < 1.29 is 27.6 Å². The monoisotopic (exact) mass is 531 g/mol. The van der Waals surface area contributed by atoms with Crippen molar-refractivity contribution >= 4 is 33.7 Å². The van der Waals surface area contributed by atoms with Gasteiger partial charge in [-0.15, -0.1) is 4.83 Å². The normalized spacial score (nSPS) is 28.0. The molecule has 0 aromatic heterocycles. The minimum absolute atomic E-state index is 0.0659. The van der Waals surface area contributed by atoms with Crippen LogP contribution in [0.25, 0.3) is 0 Å². The standard InChI is InChI=1S/C25H33N5O6S/c1-15-21-19(30(22(15)31)24(33)16-9-10-16)11-13-28(21)25(34)20-8-5-12-29(20)26-37(35,36)18-7-4-6-17(14-18)23(32)27(2)3/h4,6-7,14-16,19-21,26H,5,8-13H2,1-3H3/t15-,19-,20-,21+/m0/s1. The van der Waals surface area contributed by atoms with E-state index in [2.05, 4.69) is 4.83 Å². The van der Waals surface area contributed by atoms with Gasteiger partial charge in [0.2, 0.25) is 17.7 Å². The van der Waals surface area contributed by atoms with Crippen LogP contribution in [0, 0.1) is 11.8 Å². The molecule has 4 atom stereocenters. The summed E-state index contributed by atoms with van der Waals surface area (Å²) in [5.41, 5.74) is 0.246. The summed E-state index contributed by atoms with van der Waals surface area (Å²) in [6, 6.07) is 4.36. The summed E-state index contributed by atoms with van der Waals surface area (Å²) in [4.78, 5) is 58.7. The lowest BCUT2D eigenvalue weighted by Gasteiger charge is -2.32. The molecule has 4 amide bonds. The summed E-state index contributed by atoms with van der Waals surface area (Å²) >= 11 is 0. The lowest BCUT2D eigenvalue weighted by Crippen LogP contribution is -2.54. The van der Waals surface area contributed by atoms with E-state index >= 15 is 0 Å². The van der Waals surface area contributed by atoms with Gasteiger partial charge >= 0.3 is 0 Å². The van der Waals surface area contributed by atoms with E-state index in [-0.39, 0.29) is 46.0 Å². The van der Waals surface area contributed by atoms with Crippen molar-refractivity contribution in [2.75, 3.05) is 27.2 Å². The van der Waals surface area contributed by atoms with Gasteiger partial charge in [-0.25, -0.2) is 13.4 Å². The second kappa shape index (κ2) is 9.48. The van der Waals surface area contributed by atoms with E-state index < -0.39 is 28.0 Å². The van der Waals surface area contributed by atoms with Crippen LogP contribution in [0.3, 0.4) is 0 Å². The fourth-order valence-electron chi connectivity index (χ4n) is 5.85. The first-order chi connectivity index (χ1) is 17.5. The highest BCUT2D eigenvalue weighted by molar-refractivity contribution is 7.89. The largest absolute Gasteiger partial charge is 0.345 e. The van der Waals surface area contributed by atoms with Crippen molar-refractivity contribution in [3.63, 3.8) is 0 Å². The van der Waals surface area contributed by atoms with Crippen molar-refractivity contribution in [2.45, 2.75) is 62.0 Å². The summed E-state index contributed by atoms with van der Waals surface area (Å²) in [5.74, 6) is -1.45. The first kappa shape index (κ1) is 25.8. The molecule has 12 heteroatoms. The van der Waals surface area contributed by atoms with E-state index in [9.17, 15) is 27.6 Å². The van der Waals surface area contributed by atoms with Gasteiger partial charge in [0.25, 0.3) is 15.9 Å². The molecule has 0 bridgehead atoms. The van der Waals surface area contributed by atoms with Gasteiger partial charge in [0.05, 0.1) is 22.9 Å². The average molecular weight is 532 g/mol. The fraction of sp³-hybridized carbons (Fsp3) is 0.600. The molecule has 1 aromatic rings. The van der Waals surface area contributed by atoms with E-state index in [0.29, 0.717) is 32.4 Å². The molecule has 1 saturated carbocycles. The third kappa shape index (κ3) is 4.55. The number of benzene rings is 1. The molecule has 4 aliphatic rings. The number of carbonyl (C=O) groups excluding carboxylic acids is 4. The summed E-state index contributed by atoms with van der Waals surface area (Å²) in [5, 5.41) is 1.44. The Labute approximate surface area is 216 Å². The molecular weight excluding hydrogens is 498 g/mol. The third-order valence-corrected chi connectivity index (χ3v) is 9.26. The number of hydrogen-bond acceptors (Lipinski definition) is 7. The first-order valence-corrected chi connectivity index (χ1v) is 14.3. The second-order valence-electron chi connectivity index (χ2n) is 10.7. The summed E-state index contributed by atoms with van der Waals surface area (Å²) in [7, 11) is -0.871. The van der Waals surface area contributed by atoms with Crippen LogP contribution < -0.4 is 4.83 Å². The summed E-state index contributed by atoms with van der Waals surface area (Å²) in [6.45, 7) is 2.55. The lowest BCUT2D eigenvalue weighted by atomic mass is 10.0. The number of imide groups is 1. The molecule has 3 heterocycles. The molecule has 0 spiro atoms. The van der Waals surface area contributed by atoms with Crippen LogP contribution >= 0.6 is 0 Å². The third-order valence-electron chi connectivity index (χ3n) is 7.91. The van der Waals surface area contributed by atoms with Crippen LogP contribution in [0.1, 0.15) is 49.4 Å². The number of nitrogens with one attached hydrogen (secondary N) is 1. The van der Waals surface area contributed by atoms with E-state index in [4.69, 9.17) is 0 Å². The minimum Gasteiger partial charge on any atom is -0.345 e. The van der Waals surface area contributed by atoms with E-state index in [1.54, 1.807) is 32.0 Å². The molecule has 37 heavy (non-hydrogen) atoms.